The summed E-state index contributed by atoms with van der Waals surface area (Å²) >= 11 is 0. The molecule has 522 valence electrons. The van der Waals surface area contributed by atoms with Gasteiger partial charge < -0.3 is 56.2 Å². The quantitative estimate of drug-likeness (QED) is 0.0352. The fourth-order valence-corrected chi connectivity index (χ4v) is 12.6. The minimum atomic E-state index is -0.0835. The monoisotopic (exact) mass is 1370 g/mol. The van der Waals surface area contributed by atoms with Crippen molar-refractivity contribution < 1.29 is 33.3 Å². The molecule has 24 nitrogen and oxygen atoms in total. The highest BCUT2D eigenvalue weighted by Gasteiger charge is 2.20. The van der Waals surface area contributed by atoms with E-state index >= 15 is 0 Å². The molecule has 0 radical (unpaired) electrons. The highest BCUT2D eigenvalue weighted by atomic mass is 16.5. The van der Waals surface area contributed by atoms with Crippen molar-refractivity contribution in [1.82, 2.24) is 70.0 Å². The van der Waals surface area contributed by atoms with Gasteiger partial charge >= 0.3 is 0 Å². The average Bonchev–Trinajstić information content (AvgIpc) is 1.65. The molecule has 7 N–H and O–H groups in total. The van der Waals surface area contributed by atoms with Gasteiger partial charge in [-0.05, 0) is 207 Å². The third kappa shape index (κ3) is 17.6. The second kappa shape index (κ2) is 33.4. The van der Waals surface area contributed by atoms with Crippen LogP contribution in [0.1, 0.15) is 76.0 Å². The Bertz CT molecular complexity index is 4740. The van der Waals surface area contributed by atoms with Gasteiger partial charge in [-0.3, -0.25) is 19.3 Å². The van der Waals surface area contributed by atoms with Crippen molar-refractivity contribution in [2.75, 3.05) is 96.3 Å². The summed E-state index contributed by atoms with van der Waals surface area (Å²) in [5, 5.41) is 35.9. The van der Waals surface area contributed by atoms with Crippen LogP contribution in [-0.4, -0.2) is 153 Å². The maximum atomic E-state index is 12.5. The van der Waals surface area contributed by atoms with Gasteiger partial charge in [0.1, 0.15) is 17.2 Å². The number of hydrogen-bond donors (Lipinski definition) is 7. The van der Waals surface area contributed by atoms with Gasteiger partial charge in [-0.2, -0.15) is 15.0 Å². The number of ether oxygens (including phenoxy) is 4. The number of amides is 3. The summed E-state index contributed by atoms with van der Waals surface area (Å²) in [6.07, 6.45) is 13.6. The number of anilines is 6. The number of benzene rings is 6. The van der Waals surface area contributed by atoms with Gasteiger partial charge in [-0.25, -0.2) is 13.5 Å². The lowest BCUT2D eigenvalue weighted by Gasteiger charge is -2.26. The topological polar surface area (TPSA) is 266 Å². The number of nitrogens with one attached hydrogen (secondary N) is 7. The molecule has 1 saturated carbocycles. The molecule has 24 heteroatoms. The van der Waals surface area contributed by atoms with E-state index in [1.807, 2.05) is 188 Å². The highest BCUT2D eigenvalue weighted by molar-refractivity contribution is 5.96. The number of pyridine rings is 3. The minimum Gasteiger partial charge on any atom is -0.497 e. The van der Waals surface area contributed by atoms with E-state index in [1.54, 1.807) is 47.0 Å². The van der Waals surface area contributed by atoms with Gasteiger partial charge in [0.05, 0.1) is 34.5 Å². The molecule has 0 unspecified atom stereocenters. The molecule has 12 aromatic rings. The van der Waals surface area contributed by atoms with Crippen LogP contribution in [0.25, 0.3) is 50.3 Å². The first-order chi connectivity index (χ1) is 50.1. The summed E-state index contributed by atoms with van der Waals surface area (Å²) in [6, 6.07) is 57.9. The molecule has 102 heavy (non-hydrogen) atoms. The Hall–Kier alpha value is -11.7. The largest absolute Gasteiger partial charge is 0.497 e. The fraction of sp³-hybridized carbons (Fsp3) is 0.269. The van der Waals surface area contributed by atoms with Crippen LogP contribution in [0.2, 0.25) is 0 Å². The zero-order chi connectivity index (χ0) is 70.0. The zero-order valence-electron chi connectivity index (χ0n) is 57.4. The molecule has 2 saturated heterocycles. The third-order valence-electron chi connectivity index (χ3n) is 18.3. The SMILES string of the molecule is COc1ccc(-c2cccn3nc(Nc4ccc(C(=O)NC5CCCCC5)cc4)nc23)cc1.COc1ccc(-c2cccn3nc(Nc4ccc(C(=O)NCC5CCNCC5)cc4)nc23)cc1.COc1ccc(-c2cccn3nc(Nc4ccc(C(=O)NCCN5CCOCC5)cc4)nc23)cc1. The summed E-state index contributed by atoms with van der Waals surface area (Å²) in [6.45, 7) is 7.55. The number of fused-ring (bicyclic) bond motifs is 3. The summed E-state index contributed by atoms with van der Waals surface area (Å²) in [5.74, 6) is 4.30. The summed E-state index contributed by atoms with van der Waals surface area (Å²) < 4.78 is 26.4. The number of morpholine rings is 1. The Morgan fingerprint density at radius 1 is 0.461 bits per heavy atom. The maximum absolute atomic E-state index is 12.5. The van der Waals surface area contributed by atoms with Crippen LogP contribution < -0.4 is 51.4 Å². The molecule has 3 amide bonds. The van der Waals surface area contributed by atoms with Crippen molar-refractivity contribution in [2.24, 2.45) is 5.92 Å². The smallest absolute Gasteiger partial charge is 0.251 e. The predicted octanol–water partition coefficient (Wildman–Crippen LogP) is 12.3. The lowest BCUT2D eigenvalue weighted by molar-refractivity contribution is 0.0383. The zero-order valence-corrected chi connectivity index (χ0v) is 57.4. The Kier molecular flexibility index (Phi) is 22.5. The number of rotatable bonds is 21. The standard InChI is InChI=1S/C26H28N6O3.C26H28N6O2.C26H27N5O2/c1-34-22-10-6-19(7-11-22)23-3-2-13-32-24(23)29-26(30-32)28-21-8-4-20(5-9-21)25(33)27-12-14-31-15-17-35-18-16-31;1-34-22-10-6-19(7-11-22)23-3-2-16-32-24(23)30-26(31-32)29-21-8-4-20(5-9-21)25(33)28-17-18-12-14-27-15-13-18;1-33-22-15-11-18(12-16-22)23-8-5-17-31-24(23)29-26(30-31)28-21-13-9-19(10-14-21)25(32)27-20-6-3-2-4-7-20/h2-11,13H,12,14-18H2,1H3,(H,27,33)(H,28,30);2-11,16,18,27H,12-15,17H2,1H3,(H,28,33)(H,29,31);5,8-17,20H,2-4,6-7H2,1H3,(H,27,32)(H,28,30). The molecular weight excluding hydrogens is 1290 g/mol. The number of carbonyl (C=O) groups excluding carboxylic acids is 3. The van der Waals surface area contributed by atoms with Gasteiger partial charge in [0.25, 0.3) is 17.7 Å². The summed E-state index contributed by atoms with van der Waals surface area (Å²) in [4.78, 5) is 53.9. The maximum Gasteiger partial charge on any atom is 0.251 e. The second-order valence-corrected chi connectivity index (χ2v) is 25.1. The van der Waals surface area contributed by atoms with Crippen molar-refractivity contribution >= 4 is 69.6 Å². The lowest BCUT2D eigenvalue weighted by atomic mass is 9.95. The lowest BCUT2D eigenvalue weighted by Crippen LogP contribution is -2.41. The van der Waals surface area contributed by atoms with Crippen molar-refractivity contribution in [3.8, 4) is 50.6 Å². The number of carbonyl (C=O) groups is 3. The van der Waals surface area contributed by atoms with Crippen LogP contribution in [-0.2, 0) is 4.74 Å². The predicted molar refractivity (Wildman–Crippen MR) is 396 cm³/mol. The molecule has 0 atom stereocenters. The molecule has 3 aliphatic rings. The van der Waals surface area contributed by atoms with Gasteiger partial charge in [-0.15, -0.1) is 15.3 Å². The van der Waals surface area contributed by atoms with E-state index in [9.17, 15) is 14.4 Å². The Balaban J connectivity index is 0.000000137. The molecule has 0 spiro atoms. The molecule has 1 aliphatic carbocycles. The molecule has 15 rings (SSSR count). The highest BCUT2D eigenvalue weighted by Crippen LogP contribution is 2.31. The second-order valence-electron chi connectivity index (χ2n) is 25.1. The number of nitrogens with zero attached hydrogens (tertiary/aromatic N) is 10. The molecule has 0 bridgehead atoms. The van der Waals surface area contributed by atoms with Crippen LogP contribution in [0, 0.1) is 5.92 Å². The van der Waals surface area contributed by atoms with Gasteiger partial charge in [0.2, 0.25) is 17.8 Å². The van der Waals surface area contributed by atoms with Gasteiger partial charge in [0, 0.05) is 108 Å². The van der Waals surface area contributed by atoms with E-state index in [2.05, 4.69) is 62.4 Å². The van der Waals surface area contributed by atoms with Crippen LogP contribution in [0.15, 0.2) is 201 Å². The molecule has 6 aromatic carbocycles. The fourth-order valence-electron chi connectivity index (χ4n) is 12.6. The van der Waals surface area contributed by atoms with Crippen molar-refractivity contribution in [3.63, 3.8) is 0 Å². The molecule has 6 aromatic heterocycles. The van der Waals surface area contributed by atoms with Gasteiger partial charge in [0.15, 0.2) is 16.9 Å². The first-order valence-corrected chi connectivity index (χ1v) is 34.6. The normalized spacial score (nSPS) is 14.1. The van der Waals surface area contributed by atoms with Gasteiger partial charge in [-0.1, -0.05) is 55.7 Å². The van der Waals surface area contributed by atoms with Crippen molar-refractivity contribution in [3.05, 3.63) is 217 Å². The van der Waals surface area contributed by atoms with E-state index in [4.69, 9.17) is 28.9 Å². The average molecular weight is 1370 g/mol. The van der Waals surface area contributed by atoms with Crippen LogP contribution >= 0.6 is 0 Å². The van der Waals surface area contributed by atoms with Crippen LogP contribution in [0.5, 0.6) is 17.2 Å². The molecular formula is C78H83N17O7. The number of aromatic nitrogens is 9. The molecule has 8 heterocycles. The van der Waals surface area contributed by atoms with E-state index < -0.39 is 0 Å². The third-order valence-corrected chi connectivity index (χ3v) is 18.3. The summed E-state index contributed by atoms with van der Waals surface area (Å²) in [5.41, 5.74) is 12.6. The first kappa shape index (κ1) is 68.8. The molecule has 2 aliphatic heterocycles. The number of piperidine rings is 1. The van der Waals surface area contributed by atoms with Crippen molar-refractivity contribution in [2.45, 2.75) is 51.0 Å². The van der Waals surface area contributed by atoms with Crippen LogP contribution in [0.3, 0.4) is 0 Å². The number of hydrogen-bond acceptors (Lipinski definition) is 18. The Morgan fingerprint density at radius 2 is 0.843 bits per heavy atom. The minimum absolute atomic E-state index is 0.0107. The molecule has 3 fully saturated rings. The van der Waals surface area contributed by atoms with E-state index in [0.717, 1.165) is 163 Å². The Morgan fingerprint density at radius 3 is 1.24 bits per heavy atom. The van der Waals surface area contributed by atoms with E-state index in [0.29, 0.717) is 53.0 Å². The first-order valence-electron chi connectivity index (χ1n) is 34.6. The van der Waals surface area contributed by atoms with Crippen molar-refractivity contribution in [1.29, 1.82) is 0 Å². The van der Waals surface area contributed by atoms with E-state index in [1.165, 1.54) is 19.3 Å². The van der Waals surface area contributed by atoms with Crippen LogP contribution in [0.4, 0.5) is 34.9 Å². The Labute approximate surface area is 591 Å². The summed E-state index contributed by atoms with van der Waals surface area (Å²) in [7, 11) is 4.96. The van der Waals surface area contributed by atoms with E-state index in [-0.39, 0.29) is 17.7 Å². The number of methoxy groups -OCH3 is 3.